The molecular weight excluding hydrogens is 546 g/mol. The van der Waals surface area contributed by atoms with Gasteiger partial charge in [0.15, 0.2) is 0 Å². The molecule has 7 heteroatoms. The van der Waals surface area contributed by atoms with E-state index in [1.54, 1.807) is 0 Å². The summed E-state index contributed by atoms with van der Waals surface area (Å²) in [5.74, 6) is -0.920. The minimum absolute atomic E-state index is 0.0426. The van der Waals surface area contributed by atoms with Crippen LogP contribution in [0, 0.1) is 5.41 Å². The Morgan fingerprint density at radius 2 is 1.55 bits per heavy atom. The first-order chi connectivity index (χ1) is 18.4. The maximum absolute atomic E-state index is 13.1. The summed E-state index contributed by atoms with van der Waals surface area (Å²) < 4.78 is 12.8. The Hall–Kier alpha value is -3.16. The fourth-order valence-electron chi connectivity index (χ4n) is 6.72. The van der Waals surface area contributed by atoms with Crippen molar-refractivity contribution in [1.29, 1.82) is 0 Å². The van der Waals surface area contributed by atoms with E-state index in [4.69, 9.17) is 9.47 Å². The first-order valence-electron chi connectivity index (χ1n) is 13.1. The molecule has 0 bridgehead atoms. The second kappa shape index (κ2) is 9.86. The van der Waals surface area contributed by atoms with Crippen LogP contribution in [0.15, 0.2) is 77.3 Å². The fourth-order valence-corrected chi connectivity index (χ4v) is 7.12. The van der Waals surface area contributed by atoms with E-state index < -0.39 is 11.6 Å². The second-order valence-corrected chi connectivity index (χ2v) is 11.7. The number of hydrogen-bond donors (Lipinski definition) is 1. The third-order valence-electron chi connectivity index (χ3n) is 8.56. The monoisotopic (exact) mass is 575 g/mol. The van der Waals surface area contributed by atoms with Crippen molar-refractivity contribution < 1.29 is 24.2 Å². The molecule has 3 aromatic carbocycles. The van der Waals surface area contributed by atoms with Crippen LogP contribution in [0.25, 0.3) is 11.1 Å². The number of carboxylic acid groups (broad SMARTS) is 1. The van der Waals surface area contributed by atoms with Gasteiger partial charge in [0.1, 0.15) is 13.2 Å². The van der Waals surface area contributed by atoms with Gasteiger partial charge in [-0.15, -0.1) is 0 Å². The highest BCUT2D eigenvalue weighted by molar-refractivity contribution is 9.10. The van der Waals surface area contributed by atoms with Crippen molar-refractivity contribution in [3.8, 4) is 11.1 Å². The number of likely N-dealkylation sites (tertiary alicyclic amines) is 1. The van der Waals surface area contributed by atoms with Gasteiger partial charge in [-0.2, -0.15) is 0 Å². The van der Waals surface area contributed by atoms with E-state index in [1.807, 2.05) is 53.4 Å². The maximum atomic E-state index is 13.1. The van der Waals surface area contributed by atoms with Crippen molar-refractivity contribution in [2.45, 2.75) is 37.2 Å². The number of aliphatic carboxylic acids is 1. The topological polar surface area (TPSA) is 76.1 Å². The molecule has 6 nitrogen and oxygen atoms in total. The van der Waals surface area contributed by atoms with Crippen molar-refractivity contribution >= 4 is 28.0 Å². The largest absolute Gasteiger partial charge is 0.480 e. The zero-order valence-corrected chi connectivity index (χ0v) is 22.7. The summed E-state index contributed by atoms with van der Waals surface area (Å²) in [6.45, 7) is 1.26. The van der Waals surface area contributed by atoms with Gasteiger partial charge in [-0.05, 0) is 71.0 Å². The molecule has 0 radical (unpaired) electrons. The molecule has 1 N–H and O–H groups in total. The standard InChI is InChI=1S/C31H30BrNO5/c32-22-7-5-6-21(16-22)31(38-18-28(34)35)19-30(20-31)12-14-33(15-13-30)29(36)37-17-27-25-10-3-1-8-23(25)24-9-2-4-11-26(24)27/h1-11,16,27H,12-15,17-20H2,(H,34,35). The molecule has 3 aliphatic rings. The number of halogens is 1. The predicted molar refractivity (Wildman–Crippen MR) is 147 cm³/mol. The molecule has 3 aromatic rings. The SMILES string of the molecule is O=C(O)COC1(c2cccc(Br)c2)CC2(CCN(C(=O)OCC3c4ccccc4-c4ccccc43)CC2)C1. The van der Waals surface area contributed by atoms with Crippen LogP contribution < -0.4 is 0 Å². The number of ether oxygens (including phenoxy) is 2. The van der Waals surface area contributed by atoms with E-state index in [0.717, 1.165) is 35.7 Å². The van der Waals surface area contributed by atoms with Gasteiger partial charge in [-0.1, -0.05) is 76.6 Å². The van der Waals surface area contributed by atoms with Crippen LogP contribution in [-0.4, -0.2) is 48.4 Å². The molecular formula is C31H30BrNO5. The minimum Gasteiger partial charge on any atom is -0.480 e. The highest BCUT2D eigenvalue weighted by atomic mass is 79.9. The smallest absolute Gasteiger partial charge is 0.409 e. The number of amides is 1. The van der Waals surface area contributed by atoms with Crippen molar-refractivity contribution in [3.05, 3.63) is 94.0 Å². The zero-order valence-electron chi connectivity index (χ0n) is 21.1. The summed E-state index contributed by atoms with van der Waals surface area (Å²) in [6.07, 6.45) is 2.94. The molecule has 1 spiro atoms. The fraction of sp³-hybridized carbons (Fsp3) is 0.355. The van der Waals surface area contributed by atoms with Gasteiger partial charge >= 0.3 is 12.1 Å². The number of nitrogens with zero attached hydrogens (tertiary/aromatic N) is 1. The number of carboxylic acids is 1. The van der Waals surface area contributed by atoms with Crippen LogP contribution in [0.1, 0.15) is 48.3 Å². The van der Waals surface area contributed by atoms with E-state index in [0.29, 0.717) is 19.7 Å². The number of carbonyl (C=O) groups excluding carboxylic acids is 1. The average molecular weight is 576 g/mol. The van der Waals surface area contributed by atoms with Crippen molar-refractivity contribution in [3.63, 3.8) is 0 Å². The van der Waals surface area contributed by atoms with Gasteiger partial charge in [0.2, 0.25) is 0 Å². The molecule has 1 amide bonds. The van der Waals surface area contributed by atoms with E-state index in [2.05, 4.69) is 40.2 Å². The maximum Gasteiger partial charge on any atom is 0.409 e. The second-order valence-electron chi connectivity index (χ2n) is 10.8. The molecule has 0 unspecified atom stereocenters. The van der Waals surface area contributed by atoms with Crippen LogP contribution in [0.5, 0.6) is 0 Å². The highest BCUT2D eigenvalue weighted by Gasteiger charge is 2.57. The Morgan fingerprint density at radius 3 is 2.16 bits per heavy atom. The van der Waals surface area contributed by atoms with Gasteiger partial charge in [-0.25, -0.2) is 9.59 Å². The predicted octanol–water partition coefficient (Wildman–Crippen LogP) is 6.57. The van der Waals surface area contributed by atoms with Crippen LogP contribution >= 0.6 is 15.9 Å². The van der Waals surface area contributed by atoms with Crippen LogP contribution in [0.3, 0.4) is 0 Å². The third kappa shape index (κ3) is 4.52. The summed E-state index contributed by atoms with van der Waals surface area (Å²) in [5.41, 5.74) is 5.28. The molecule has 1 heterocycles. The van der Waals surface area contributed by atoms with Gasteiger partial charge in [0, 0.05) is 23.5 Å². The summed E-state index contributed by atoms with van der Waals surface area (Å²) in [4.78, 5) is 26.2. The number of benzene rings is 3. The summed E-state index contributed by atoms with van der Waals surface area (Å²) >= 11 is 3.53. The number of fused-ring (bicyclic) bond motifs is 3. The molecule has 0 atom stereocenters. The molecule has 1 saturated heterocycles. The van der Waals surface area contributed by atoms with Gasteiger partial charge in [0.25, 0.3) is 0 Å². The highest BCUT2D eigenvalue weighted by Crippen LogP contribution is 2.61. The van der Waals surface area contributed by atoms with Gasteiger partial charge in [0.05, 0.1) is 5.60 Å². The Bertz CT molecular complexity index is 1330. The Balaban J connectivity index is 1.08. The first-order valence-corrected chi connectivity index (χ1v) is 13.9. The minimum atomic E-state index is -0.967. The Labute approximate surface area is 230 Å². The lowest BCUT2D eigenvalue weighted by molar-refractivity contribution is -0.198. The summed E-state index contributed by atoms with van der Waals surface area (Å²) in [6, 6.07) is 24.6. The molecule has 2 fully saturated rings. The lowest BCUT2D eigenvalue weighted by Gasteiger charge is -2.58. The third-order valence-corrected chi connectivity index (χ3v) is 9.06. The van der Waals surface area contributed by atoms with Crippen LogP contribution in [-0.2, 0) is 19.9 Å². The number of piperidine rings is 1. The molecule has 196 valence electrons. The molecule has 38 heavy (non-hydrogen) atoms. The first kappa shape index (κ1) is 25.1. The van der Waals surface area contributed by atoms with E-state index in [9.17, 15) is 14.7 Å². The Morgan fingerprint density at radius 1 is 0.921 bits per heavy atom. The quantitative estimate of drug-likeness (QED) is 0.359. The molecule has 6 rings (SSSR count). The number of carbonyl (C=O) groups is 2. The zero-order chi connectivity index (χ0) is 26.3. The van der Waals surface area contributed by atoms with Crippen LogP contribution in [0.2, 0.25) is 0 Å². The molecule has 0 aromatic heterocycles. The van der Waals surface area contributed by atoms with Crippen molar-refractivity contribution in [1.82, 2.24) is 4.90 Å². The number of hydrogen-bond acceptors (Lipinski definition) is 4. The van der Waals surface area contributed by atoms with Gasteiger partial charge < -0.3 is 19.5 Å². The van der Waals surface area contributed by atoms with Crippen LogP contribution in [0.4, 0.5) is 4.79 Å². The van der Waals surface area contributed by atoms with E-state index in [1.165, 1.54) is 22.3 Å². The lowest BCUT2D eigenvalue weighted by atomic mass is 9.53. The van der Waals surface area contributed by atoms with Crippen molar-refractivity contribution in [2.24, 2.45) is 5.41 Å². The van der Waals surface area contributed by atoms with E-state index in [-0.39, 0.29) is 24.0 Å². The average Bonchev–Trinajstić information content (AvgIpc) is 3.23. The van der Waals surface area contributed by atoms with E-state index >= 15 is 0 Å². The summed E-state index contributed by atoms with van der Waals surface area (Å²) in [5, 5.41) is 9.24. The lowest BCUT2D eigenvalue weighted by Crippen LogP contribution is -2.56. The normalized spacial score (nSPS) is 18.9. The van der Waals surface area contributed by atoms with Crippen molar-refractivity contribution in [2.75, 3.05) is 26.3 Å². The molecule has 2 aliphatic carbocycles. The Kier molecular flexibility index (Phi) is 6.52. The molecule has 1 aliphatic heterocycles. The molecule has 1 saturated carbocycles. The number of rotatable bonds is 6. The van der Waals surface area contributed by atoms with Gasteiger partial charge in [-0.3, -0.25) is 0 Å². The summed E-state index contributed by atoms with van der Waals surface area (Å²) in [7, 11) is 0.